The molecule has 7 nitrogen and oxygen atoms in total. The molecule has 0 saturated carbocycles. The number of fused-ring (bicyclic) bond motifs is 1. The van der Waals surface area contributed by atoms with Crippen molar-refractivity contribution in [3.63, 3.8) is 0 Å². The topological polar surface area (TPSA) is 76.5 Å². The molecule has 0 bridgehead atoms. The van der Waals surface area contributed by atoms with Crippen LogP contribution in [0.3, 0.4) is 0 Å². The first-order chi connectivity index (χ1) is 8.99. The van der Waals surface area contributed by atoms with Crippen molar-refractivity contribution < 1.29 is 14.3 Å². The largest absolute Gasteiger partial charge is 0.449 e. The van der Waals surface area contributed by atoms with Gasteiger partial charge < -0.3 is 9.64 Å². The zero-order valence-corrected chi connectivity index (χ0v) is 11.3. The van der Waals surface area contributed by atoms with Crippen molar-refractivity contribution in [1.29, 1.82) is 0 Å². The molecule has 2 heterocycles. The van der Waals surface area contributed by atoms with E-state index in [1.54, 1.807) is 16.6 Å². The van der Waals surface area contributed by atoms with Crippen LogP contribution in [-0.4, -0.2) is 46.9 Å². The normalized spacial score (nSPS) is 14.5. The summed E-state index contributed by atoms with van der Waals surface area (Å²) in [5.41, 5.74) is 0.792. The molecule has 1 N–H and O–H groups in total. The van der Waals surface area contributed by atoms with E-state index < -0.39 is 6.09 Å². The van der Waals surface area contributed by atoms with Gasteiger partial charge in [-0.1, -0.05) is 13.8 Å². The minimum Gasteiger partial charge on any atom is -0.449 e. The van der Waals surface area contributed by atoms with Gasteiger partial charge in [0.25, 0.3) is 5.91 Å². The van der Waals surface area contributed by atoms with E-state index in [-0.39, 0.29) is 11.8 Å². The molecule has 2 rings (SSSR count). The summed E-state index contributed by atoms with van der Waals surface area (Å²) in [6.45, 7) is 5.48. The lowest BCUT2D eigenvalue weighted by molar-refractivity contribution is 0.0744. The highest BCUT2D eigenvalue weighted by Crippen LogP contribution is 2.20. The van der Waals surface area contributed by atoms with Crippen LogP contribution in [0.25, 0.3) is 0 Å². The van der Waals surface area contributed by atoms with Crippen LogP contribution in [0.1, 0.15) is 24.3 Å². The standard InChI is InChI=1S/C12H18N4O3/c1-8(2)7-19-12(18)14-9-6-13-16-5-4-15(3)11(17)10(9)16/h6,8H,4-5,7H2,1-3H3,(H,14,18). The lowest BCUT2D eigenvalue weighted by atomic mass is 10.2. The maximum atomic E-state index is 12.0. The summed E-state index contributed by atoms with van der Waals surface area (Å²) >= 11 is 0. The Bertz CT molecular complexity index is 495. The van der Waals surface area contributed by atoms with Crippen molar-refractivity contribution in [2.45, 2.75) is 20.4 Å². The Hall–Kier alpha value is -2.05. The van der Waals surface area contributed by atoms with Crippen molar-refractivity contribution in [1.82, 2.24) is 14.7 Å². The number of rotatable bonds is 3. The average molecular weight is 266 g/mol. The second-order valence-electron chi connectivity index (χ2n) is 4.97. The fourth-order valence-electron chi connectivity index (χ4n) is 1.79. The van der Waals surface area contributed by atoms with E-state index in [2.05, 4.69) is 10.4 Å². The quantitative estimate of drug-likeness (QED) is 0.891. The second kappa shape index (κ2) is 5.29. The van der Waals surface area contributed by atoms with Crippen LogP contribution in [0.15, 0.2) is 6.20 Å². The molecule has 1 aliphatic rings. The predicted molar refractivity (Wildman–Crippen MR) is 69.0 cm³/mol. The molecule has 0 aliphatic carbocycles. The maximum Gasteiger partial charge on any atom is 0.411 e. The van der Waals surface area contributed by atoms with Crippen molar-refractivity contribution in [2.75, 3.05) is 25.5 Å². The smallest absolute Gasteiger partial charge is 0.411 e. The van der Waals surface area contributed by atoms with Crippen LogP contribution in [0, 0.1) is 5.92 Å². The highest BCUT2D eigenvalue weighted by atomic mass is 16.5. The van der Waals surface area contributed by atoms with Crippen molar-refractivity contribution in [2.24, 2.45) is 5.92 Å². The zero-order chi connectivity index (χ0) is 14.0. The van der Waals surface area contributed by atoms with E-state index in [9.17, 15) is 9.59 Å². The van der Waals surface area contributed by atoms with Crippen LogP contribution in [-0.2, 0) is 11.3 Å². The number of hydrogen-bond acceptors (Lipinski definition) is 4. The third-order valence-electron chi connectivity index (χ3n) is 2.82. The Morgan fingerprint density at radius 3 is 2.95 bits per heavy atom. The van der Waals surface area contributed by atoms with Crippen molar-refractivity contribution >= 4 is 17.7 Å². The molecule has 104 valence electrons. The molecular weight excluding hydrogens is 248 g/mol. The number of carbonyl (C=O) groups excluding carboxylic acids is 2. The van der Waals surface area contributed by atoms with Gasteiger partial charge in [-0.25, -0.2) is 4.79 Å². The fraction of sp³-hybridized carbons (Fsp3) is 0.583. The van der Waals surface area contributed by atoms with Gasteiger partial charge in [0.15, 0.2) is 0 Å². The van der Waals surface area contributed by atoms with Gasteiger partial charge in [0.2, 0.25) is 0 Å². The van der Waals surface area contributed by atoms with Crippen LogP contribution in [0.5, 0.6) is 0 Å². The van der Waals surface area contributed by atoms with E-state index in [0.717, 1.165) is 0 Å². The van der Waals surface area contributed by atoms with Gasteiger partial charge in [-0.15, -0.1) is 0 Å². The first-order valence-electron chi connectivity index (χ1n) is 6.24. The lowest BCUT2D eigenvalue weighted by Gasteiger charge is -2.23. The summed E-state index contributed by atoms with van der Waals surface area (Å²) in [6.07, 6.45) is 0.911. The molecule has 19 heavy (non-hydrogen) atoms. The molecule has 0 unspecified atom stereocenters. The average Bonchev–Trinajstić information content (AvgIpc) is 2.75. The molecule has 1 aromatic heterocycles. The SMILES string of the molecule is CC(C)COC(=O)Nc1cnn2c1C(=O)N(C)CC2. The van der Waals surface area contributed by atoms with Gasteiger partial charge in [-0.3, -0.25) is 14.8 Å². The number of nitrogens with zero attached hydrogens (tertiary/aromatic N) is 3. The highest BCUT2D eigenvalue weighted by molar-refractivity contribution is 6.01. The molecule has 0 aromatic carbocycles. The van der Waals surface area contributed by atoms with E-state index in [0.29, 0.717) is 31.1 Å². The molecule has 0 spiro atoms. The molecule has 0 radical (unpaired) electrons. The summed E-state index contributed by atoms with van der Waals surface area (Å²) < 4.78 is 6.62. The number of ether oxygens (including phenoxy) is 1. The number of hydrogen-bond donors (Lipinski definition) is 1. The van der Waals surface area contributed by atoms with Gasteiger partial charge in [0.1, 0.15) is 5.69 Å². The number of carbonyl (C=O) groups is 2. The van der Waals surface area contributed by atoms with Crippen LogP contribution >= 0.6 is 0 Å². The van der Waals surface area contributed by atoms with Gasteiger partial charge >= 0.3 is 6.09 Å². The third-order valence-corrected chi connectivity index (χ3v) is 2.82. The number of amides is 2. The molecule has 0 atom stereocenters. The Balaban J connectivity index is 2.08. The first kappa shape index (κ1) is 13.4. The number of aromatic nitrogens is 2. The minimum atomic E-state index is -0.564. The number of likely N-dealkylation sites (N-methyl/N-ethyl adjacent to an activating group) is 1. The summed E-state index contributed by atoms with van der Waals surface area (Å²) in [5, 5.41) is 6.65. The highest BCUT2D eigenvalue weighted by Gasteiger charge is 2.27. The van der Waals surface area contributed by atoms with E-state index >= 15 is 0 Å². The van der Waals surface area contributed by atoms with Crippen molar-refractivity contribution in [3.8, 4) is 0 Å². The monoisotopic (exact) mass is 266 g/mol. The van der Waals surface area contributed by atoms with E-state index in [1.165, 1.54) is 6.20 Å². The van der Waals surface area contributed by atoms with Gasteiger partial charge in [-0.05, 0) is 5.92 Å². The zero-order valence-electron chi connectivity index (χ0n) is 11.3. The fourth-order valence-corrected chi connectivity index (χ4v) is 1.79. The number of nitrogens with one attached hydrogen (secondary N) is 1. The molecule has 7 heteroatoms. The van der Waals surface area contributed by atoms with Crippen LogP contribution in [0.2, 0.25) is 0 Å². The Labute approximate surface area is 111 Å². The molecule has 0 saturated heterocycles. The van der Waals surface area contributed by atoms with Gasteiger partial charge in [0, 0.05) is 13.6 Å². The Morgan fingerprint density at radius 1 is 1.53 bits per heavy atom. The summed E-state index contributed by atoms with van der Waals surface area (Å²) in [4.78, 5) is 25.2. The molecule has 1 aliphatic heterocycles. The summed E-state index contributed by atoms with van der Waals surface area (Å²) in [5.74, 6) is 0.113. The Morgan fingerprint density at radius 2 is 2.26 bits per heavy atom. The second-order valence-corrected chi connectivity index (χ2v) is 4.97. The number of anilines is 1. The Kier molecular flexibility index (Phi) is 3.73. The van der Waals surface area contributed by atoms with Crippen LogP contribution in [0.4, 0.5) is 10.5 Å². The first-order valence-corrected chi connectivity index (χ1v) is 6.24. The molecule has 0 fully saturated rings. The maximum absolute atomic E-state index is 12.0. The predicted octanol–water partition coefficient (Wildman–Crippen LogP) is 1.17. The third kappa shape index (κ3) is 2.86. The van der Waals surface area contributed by atoms with Gasteiger partial charge in [-0.2, -0.15) is 5.10 Å². The summed E-state index contributed by atoms with van der Waals surface area (Å²) in [7, 11) is 1.72. The minimum absolute atomic E-state index is 0.150. The lowest BCUT2D eigenvalue weighted by Crippen LogP contribution is -2.38. The van der Waals surface area contributed by atoms with Crippen molar-refractivity contribution in [3.05, 3.63) is 11.9 Å². The molecule has 2 amide bonds. The summed E-state index contributed by atoms with van der Waals surface area (Å²) in [6, 6.07) is 0. The molecular formula is C12H18N4O3. The van der Waals surface area contributed by atoms with Gasteiger partial charge in [0.05, 0.1) is 25.0 Å². The van der Waals surface area contributed by atoms with Crippen LogP contribution < -0.4 is 5.32 Å². The molecule has 1 aromatic rings. The van der Waals surface area contributed by atoms with E-state index in [4.69, 9.17) is 4.74 Å². The van der Waals surface area contributed by atoms with E-state index in [1.807, 2.05) is 13.8 Å².